The molecule has 21 heavy (non-hydrogen) atoms. The average Bonchev–Trinajstić information content (AvgIpc) is 2.93. The van der Waals surface area contributed by atoms with Crippen LogP contribution in [0.3, 0.4) is 0 Å². The third-order valence-electron chi connectivity index (χ3n) is 2.75. The molecule has 0 amide bonds. The molecule has 110 valence electrons. The highest BCUT2D eigenvalue weighted by Gasteiger charge is 2.16. The van der Waals surface area contributed by atoms with E-state index in [2.05, 4.69) is 10.1 Å². The maximum atomic E-state index is 11.4. The Morgan fingerprint density at radius 2 is 2.24 bits per heavy atom. The Morgan fingerprint density at radius 1 is 1.48 bits per heavy atom. The van der Waals surface area contributed by atoms with Crippen LogP contribution in [0.4, 0.5) is 11.4 Å². The minimum atomic E-state index is -0.577. The summed E-state index contributed by atoms with van der Waals surface area (Å²) in [6, 6.07) is 5.71. The second kappa shape index (κ2) is 6.27. The molecule has 0 aliphatic rings. The predicted octanol–water partition coefficient (Wildman–Crippen LogP) is 3.24. The van der Waals surface area contributed by atoms with Crippen molar-refractivity contribution < 1.29 is 18.9 Å². The fraction of sp³-hybridized carbons (Fsp3) is 0.154. The molecule has 1 aromatic carbocycles. The number of carbonyl (C=O) groups is 1. The highest BCUT2D eigenvalue weighted by atomic mass is 35.5. The van der Waals surface area contributed by atoms with E-state index in [4.69, 9.17) is 16.0 Å². The molecule has 0 unspecified atom stereocenters. The van der Waals surface area contributed by atoms with Gasteiger partial charge in [0.05, 0.1) is 29.0 Å². The van der Waals surface area contributed by atoms with Gasteiger partial charge < -0.3 is 14.5 Å². The van der Waals surface area contributed by atoms with Crippen molar-refractivity contribution in [3.63, 3.8) is 0 Å². The summed E-state index contributed by atoms with van der Waals surface area (Å²) in [4.78, 5) is 21.5. The molecule has 0 saturated carbocycles. The lowest BCUT2D eigenvalue weighted by molar-refractivity contribution is -0.384. The summed E-state index contributed by atoms with van der Waals surface area (Å²) in [7, 11) is 1.26. The highest BCUT2D eigenvalue weighted by molar-refractivity contribution is 6.33. The average molecular weight is 311 g/mol. The van der Waals surface area contributed by atoms with E-state index >= 15 is 0 Å². The molecule has 1 aromatic heterocycles. The molecule has 7 nitrogen and oxygen atoms in total. The van der Waals surface area contributed by atoms with Gasteiger partial charge in [-0.15, -0.1) is 0 Å². The summed E-state index contributed by atoms with van der Waals surface area (Å²) in [6.45, 7) is 0.262. The molecule has 0 atom stereocenters. The fourth-order valence-corrected chi connectivity index (χ4v) is 1.94. The number of hydrogen-bond donors (Lipinski definition) is 1. The van der Waals surface area contributed by atoms with Crippen LogP contribution in [0.25, 0.3) is 0 Å². The summed E-state index contributed by atoms with van der Waals surface area (Å²) >= 11 is 5.96. The van der Waals surface area contributed by atoms with Gasteiger partial charge in [0.25, 0.3) is 5.69 Å². The van der Waals surface area contributed by atoms with Crippen molar-refractivity contribution in [1.29, 1.82) is 0 Å². The second-order valence-corrected chi connectivity index (χ2v) is 4.45. The summed E-state index contributed by atoms with van der Waals surface area (Å²) in [6.07, 6.45) is 1.38. The van der Waals surface area contributed by atoms with E-state index < -0.39 is 10.9 Å². The van der Waals surface area contributed by atoms with Crippen LogP contribution in [0.1, 0.15) is 16.1 Å². The summed E-state index contributed by atoms with van der Waals surface area (Å²) < 4.78 is 9.64. The number of benzene rings is 1. The first kappa shape index (κ1) is 14.9. The standard InChI is InChI=1S/C13H11ClN2O5/c1-20-13(17)12-8(4-5-21-12)7-15-11-3-2-9(16(18)19)6-10(11)14/h2-6,15H,7H2,1H3. The number of nitro benzene ring substituents is 1. The molecule has 0 spiro atoms. The van der Waals surface area contributed by atoms with E-state index in [1.807, 2.05) is 0 Å². The molecule has 1 N–H and O–H groups in total. The largest absolute Gasteiger partial charge is 0.463 e. The fourth-order valence-electron chi connectivity index (χ4n) is 1.70. The monoisotopic (exact) mass is 310 g/mol. The number of nitro groups is 1. The normalized spacial score (nSPS) is 10.2. The van der Waals surface area contributed by atoms with Crippen molar-refractivity contribution in [1.82, 2.24) is 0 Å². The predicted molar refractivity (Wildman–Crippen MR) is 75.5 cm³/mol. The smallest absolute Gasteiger partial charge is 0.374 e. The zero-order valence-electron chi connectivity index (χ0n) is 11.0. The Balaban J connectivity index is 2.12. The molecule has 1 heterocycles. The minimum absolute atomic E-state index is 0.0934. The van der Waals surface area contributed by atoms with Gasteiger partial charge in [0, 0.05) is 24.2 Å². The number of non-ortho nitro benzene ring substituents is 1. The van der Waals surface area contributed by atoms with Gasteiger partial charge in [0.2, 0.25) is 5.76 Å². The topological polar surface area (TPSA) is 94.6 Å². The molecule has 2 rings (SSSR count). The van der Waals surface area contributed by atoms with E-state index in [9.17, 15) is 14.9 Å². The zero-order chi connectivity index (χ0) is 15.4. The molecule has 0 saturated heterocycles. The Labute approximate surface area is 124 Å². The Bertz CT molecular complexity index is 683. The summed E-state index contributed by atoms with van der Waals surface area (Å²) in [5.74, 6) is -0.477. The Hall–Kier alpha value is -2.54. The van der Waals surface area contributed by atoms with Gasteiger partial charge in [-0.25, -0.2) is 4.79 Å². The quantitative estimate of drug-likeness (QED) is 0.517. The molecular weight excluding hydrogens is 300 g/mol. The third-order valence-corrected chi connectivity index (χ3v) is 3.06. The van der Waals surface area contributed by atoms with E-state index in [1.165, 1.54) is 31.6 Å². The van der Waals surface area contributed by atoms with E-state index in [0.717, 1.165) is 0 Å². The minimum Gasteiger partial charge on any atom is -0.463 e. The van der Waals surface area contributed by atoms with Crippen molar-refractivity contribution in [3.05, 3.63) is 57.0 Å². The van der Waals surface area contributed by atoms with Crippen LogP contribution in [0, 0.1) is 10.1 Å². The molecular formula is C13H11ClN2O5. The number of esters is 1. The number of ether oxygens (including phenoxy) is 1. The first-order valence-corrected chi connectivity index (χ1v) is 6.23. The number of anilines is 1. The van der Waals surface area contributed by atoms with Crippen molar-refractivity contribution in [3.8, 4) is 0 Å². The molecule has 0 radical (unpaired) electrons. The van der Waals surface area contributed by atoms with Crippen molar-refractivity contribution in [2.45, 2.75) is 6.54 Å². The van der Waals surface area contributed by atoms with E-state index in [0.29, 0.717) is 11.3 Å². The number of rotatable bonds is 5. The number of furan rings is 1. The number of methoxy groups -OCH3 is 1. The van der Waals surface area contributed by atoms with Gasteiger partial charge in [-0.05, 0) is 12.1 Å². The van der Waals surface area contributed by atoms with Crippen molar-refractivity contribution in [2.75, 3.05) is 12.4 Å². The van der Waals surface area contributed by atoms with E-state index in [1.54, 1.807) is 6.07 Å². The first-order valence-electron chi connectivity index (χ1n) is 5.85. The van der Waals surface area contributed by atoms with Crippen LogP contribution in [-0.2, 0) is 11.3 Å². The number of hydrogen-bond acceptors (Lipinski definition) is 6. The lowest BCUT2D eigenvalue weighted by Gasteiger charge is -2.08. The SMILES string of the molecule is COC(=O)c1occc1CNc1ccc([N+](=O)[O-])cc1Cl. The molecule has 0 fully saturated rings. The zero-order valence-corrected chi connectivity index (χ0v) is 11.7. The number of nitrogens with one attached hydrogen (secondary N) is 1. The third kappa shape index (κ3) is 3.32. The van der Waals surface area contributed by atoms with Crippen LogP contribution in [-0.4, -0.2) is 18.0 Å². The number of halogens is 1. The second-order valence-electron chi connectivity index (χ2n) is 4.04. The van der Waals surface area contributed by atoms with Gasteiger partial charge >= 0.3 is 5.97 Å². The van der Waals surface area contributed by atoms with Crippen molar-refractivity contribution in [2.24, 2.45) is 0 Å². The lowest BCUT2D eigenvalue weighted by Crippen LogP contribution is -2.07. The van der Waals surface area contributed by atoms with Crippen LogP contribution < -0.4 is 5.32 Å². The molecule has 2 aromatic rings. The van der Waals surface area contributed by atoms with Crippen LogP contribution in [0.15, 0.2) is 34.9 Å². The van der Waals surface area contributed by atoms with Gasteiger partial charge in [0.1, 0.15) is 0 Å². The van der Waals surface area contributed by atoms with E-state index in [-0.39, 0.29) is 23.0 Å². The maximum absolute atomic E-state index is 11.4. The van der Waals surface area contributed by atoms with Crippen LogP contribution >= 0.6 is 11.6 Å². The van der Waals surface area contributed by atoms with Crippen molar-refractivity contribution >= 4 is 28.9 Å². The maximum Gasteiger partial charge on any atom is 0.374 e. The van der Waals surface area contributed by atoms with Gasteiger partial charge in [0.15, 0.2) is 0 Å². The highest BCUT2D eigenvalue weighted by Crippen LogP contribution is 2.27. The molecule has 0 bridgehead atoms. The first-order chi connectivity index (χ1) is 10.0. The van der Waals surface area contributed by atoms with Crippen LogP contribution in [0.5, 0.6) is 0 Å². The number of carbonyl (C=O) groups excluding carboxylic acids is 1. The molecule has 0 aliphatic carbocycles. The van der Waals surface area contributed by atoms with Gasteiger partial charge in [-0.3, -0.25) is 10.1 Å². The molecule has 0 aliphatic heterocycles. The molecule has 8 heteroatoms. The lowest BCUT2D eigenvalue weighted by atomic mass is 10.2. The summed E-state index contributed by atoms with van der Waals surface area (Å²) in [5, 5.41) is 13.8. The van der Waals surface area contributed by atoms with Gasteiger partial charge in [-0.1, -0.05) is 11.6 Å². The number of nitrogens with zero attached hydrogens (tertiary/aromatic N) is 1. The Morgan fingerprint density at radius 3 is 2.86 bits per heavy atom. The van der Waals surface area contributed by atoms with Gasteiger partial charge in [-0.2, -0.15) is 0 Å². The van der Waals surface area contributed by atoms with Crippen LogP contribution in [0.2, 0.25) is 5.02 Å². The Kier molecular flexibility index (Phi) is 4.44. The summed E-state index contributed by atoms with van der Waals surface area (Å²) in [5.41, 5.74) is 1.01.